The molecule has 0 fully saturated rings. The van der Waals surface area contributed by atoms with Crippen molar-refractivity contribution in [3.8, 4) is 11.8 Å². The molecular formula is C11H7NO3. The molecule has 0 atom stereocenters. The van der Waals surface area contributed by atoms with E-state index in [1.165, 1.54) is 6.07 Å². The van der Waals surface area contributed by atoms with Crippen molar-refractivity contribution < 1.29 is 14.7 Å². The van der Waals surface area contributed by atoms with Gasteiger partial charge in [0.05, 0.1) is 11.3 Å². The lowest BCUT2D eigenvalue weighted by Crippen LogP contribution is -2.12. The summed E-state index contributed by atoms with van der Waals surface area (Å²) in [5.74, 6) is 3.98. The van der Waals surface area contributed by atoms with Gasteiger partial charge in [0, 0.05) is 5.56 Å². The maximum absolute atomic E-state index is 11.3. The van der Waals surface area contributed by atoms with Crippen LogP contribution in [0.2, 0.25) is 0 Å². The smallest absolute Gasteiger partial charge is 0.296 e. The van der Waals surface area contributed by atoms with Gasteiger partial charge >= 0.3 is 0 Å². The standard InChI is InChI=1S/C11H7NO3/c13-5-1-2-7-3-4-9-8(6-7)10(14)11(15)12-9/h3-4,6,13H,5H2,(H,12,14,15). The fourth-order valence-electron chi connectivity index (χ4n) is 1.36. The van der Waals surface area contributed by atoms with Gasteiger partial charge in [0.15, 0.2) is 0 Å². The van der Waals surface area contributed by atoms with Crippen molar-refractivity contribution in [2.75, 3.05) is 11.9 Å². The molecule has 0 bridgehead atoms. The van der Waals surface area contributed by atoms with E-state index in [0.717, 1.165) is 0 Å². The van der Waals surface area contributed by atoms with Gasteiger partial charge in [-0.1, -0.05) is 11.8 Å². The Labute approximate surface area is 85.9 Å². The van der Waals surface area contributed by atoms with Gasteiger partial charge in [0.1, 0.15) is 6.61 Å². The lowest BCUT2D eigenvalue weighted by Gasteiger charge is -1.96. The zero-order chi connectivity index (χ0) is 10.8. The molecule has 1 amide bonds. The third kappa shape index (κ3) is 1.60. The summed E-state index contributed by atoms with van der Waals surface area (Å²) in [6.45, 7) is -0.234. The fraction of sp³-hybridized carbons (Fsp3) is 0.0909. The molecule has 4 heteroatoms. The first-order valence-corrected chi connectivity index (χ1v) is 4.32. The van der Waals surface area contributed by atoms with E-state index in [9.17, 15) is 9.59 Å². The Morgan fingerprint density at radius 1 is 1.33 bits per heavy atom. The first-order chi connectivity index (χ1) is 7.22. The maximum atomic E-state index is 11.3. The first-order valence-electron chi connectivity index (χ1n) is 4.32. The highest BCUT2D eigenvalue weighted by Crippen LogP contribution is 2.23. The number of rotatable bonds is 0. The molecule has 2 rings (SSSR count). The number of aliphatic hydroxyl groups is 1. The Morgan fingerprint density at radius 3 is 2.87 bits per heavy atom. The second-order valence-electron chi connectivity index (χ2n) is 3.00. The van der Waals surface area contributed by atoms with E-state index in [1.807, 2.05) is 0 Å². The molecule has 0 spiro atoms. The van der Waals surface area contributed by atoms with Crippen LogP contribution < -0.4 is 5.32 Å². The number of ketones is 1. The molecule has 0 aromatic heterocycles. The van der Waals surface area contributed by atoms with Crippen LogP contribution in [-0.2, 0) is 4.79 Å². The van der Waals surface area contributed by atoms with Gasteiger partial charge in [-0.05, 0) is 18.2 Å². The van der Waals surface area contributed by atoms with Crippen LogP contribution in [-0.4, -0.2) is 23.4 Å². The Hall–Kier alpha value is -2.12. The van der Waals surface area contributed by atoms with Crippen LogP contribution in [0.15, 0.2) is 18.2 Å². The predicted octanol–water partition coefficient (Wildman–Crippen LogP) is 0.165. The van der Waals surface area contributed by atoms with Crippen molar-refractivity contribution in [2.45, 2.75) is 0 Å². The third-order valence-corrected chi connectivity index (χ3v) is 2.03. The van der Waals surface area contributed by atoms with Gasteiger partial charge in [-0.2, -0.15) is 0 Å². The van der Waals surface area contributed by atoms with Crippen LogP contribution in [0.25, 0.3) is 0 Å². The molecule has 1 aliphatic rings. The number of fused-ring (bicyclic) bond motifs is 1. The minimum absolute atomic E-state index is 0.234. The topological polar surface area (TPSA) is 66.4 Å². The second kappa shape index (κ2) is 3.56. The Morgan fingerprint density at radius 2 is 2.13 bits per heavy atom. The van der Waals surface area contributed by atoms with E-state index in [2.05, 4.69) is 17.2 Å². The first kappa shape index (κ1) is 9.44. The number of anilines is 1. The molecule has 1 aliphatic heterocycles. The molecular weight excluding hydrogens is 194 g/mol. The summed E-state index contributed by atoms with van der Waals surface area (Å²) < 4.78 is 0. The molecule has 0 unspecified atom stereocenters. The van der Waals surface area contributed by atoms with E-state index in [0.29, 0.717) is 16.8 Å². The normalized spacial score (nSPS) is 12.9. The third-order valence-electron chi connectivity index (χ3n) is 2.03. The molecule has 74 valence electrons. The lowest BCUT2D eigenvalue weighted by molar-refractivity contribution is -0.112. The summed E-state index contributed by atoms with van der Waals surface area (Å²) in [6, 6.07) is 4.85. The van der Waals surface area contributed by atoms with E-state index in [1.54, 1.807) is 12.1 Å². The van der Waals surface area contributed by atoms with Gasteiger partial charge in [-0.15, -0.1) is 0 Å². The number of benzene rings is 1. The largest absolute Gasteiger partial charge is 0.384 e. The number of amides is 1. The monoisotopic (exact) mass is 201 g/mol. The SMILES string of the molecule is O=C1Nc2ccc(C#CCO)cc2C1=O. The van der Waals surface area contributed by atoms with Gasteiger partial charge in [-0.3, -0.25) is 9.59 Å². The lowest BCUT2D eigenvalue weighted by atomic mass is 10.1. The highest BCUT2D eigenvalue weighted by Gasteiger charge is 2.27. The van der Waals surface area contributed by atoms with E-state index >= 15 is 0 Å². The molecule has 15 heavy (non-hydrogen) atoms. The van der Waals surface area contributed by atoms with Gasteiger partial charge in [-0.25, -0.2) is 0 Å². The molecule has 0 aliphatic carbocycles. The summed E-state index contributed by atoms with van der Waals surface area (Å²) in [5.41, 5.74) is 1.46. The number of nitrogens with one attached hydrogen (secondary N) is 1. The Balaban J connectivity index is 2.44. The van der Waals surface area contributed by atoms with Gasteiger partial charge < -0.3 is 10.4 Å². The van der Waals surface area contributed by atoms with Crippen LogP contribution in [0.3, 0.4) is 0 Å². The van der Waals surface area contributed by atoms with E-state index in [4.69, 9.17) is 5.11 Å². The number of hydrogen-bond donors (Lipinski definition) is 2. The van der Waals surface area contributed by atoms with Crippen LogP contribution >= 0.6 is 0 Å². The molecule has 1 aromatic carbocycles. The summed E-state index contributed by atoms with van der Waals surface area (Å²) in [6.07, 6.45) is 0. The van der Waals surface area contributed by atoms with Crippen LogP contribution in [0, 0.1) is 11.8 Å². The van der Waals surface area contributed by atoms with Crippen molar-refractivity contribution in [3.05, 3.63) is 29.3 Å². The summed E-state index contributed by atoms with van der Waals surface area (Å²) in [7, 11) is 0. The Kier molecular flexibility index (Phi) is 2.24. The molecule has 0 saturated carbocycles. The van der Waals surface area contributed by atoms with Crippen LogP contribution in [0.5, 0.6) is 0 Å². The summed E-state index contributed by atoms with van der Waals surface area (Å²) in [4.78, 5) is 22.3. The molecule has 1 aromatic rings. The second-order valence-corrected chi connectivity index (χ2v) is 3.00. The highest BCUT2D eigenvalue weighted by atomic mass is 16.2. The van der Waals surface area contributed by atoms with Crippen molar-refractivity contribution in [1.82, 2.24) is 0 Å². The number of hydrogen-bond acceptors (Lipinski definition) is 3. The van der Waals surface area contributed by atoms with Crippen LogP contribution in [0.4, 0.5) is 5.69 Å². The van der Waals surface area contributed by atoms with Crippen molar-refractivity contribution in [2.24, 2.45) is 0 Å². The number of aliphatic hydroxyl groups excluding tert-OH is 1. The molecule has 1 heterocycles. The van der Waals surface area contributed by atoms with E-state index < -0.39 is 11.7 Å². The number of Topliss-reactive ketones (excluding diaryl/α,β-unsaturated/α-hetero) is 1. The zero-order valence-corrected chi connectivity index (χ0v) is 7.70. The molecule has 2 N–H and O–H groups in total. The minimum Gasteiger partial charge on any atom is -0.384 e. The summed E-state index contributed by atoms with van der Waals surface area (Å²) in [5, 5.41) is 11.0. The van der Waals surface area contributed by atoms with Gasteiger partial charge in [0.25, 0.3) is 11.7 Å². The molecule has 4 nitrogen and oxygen atoms in total. The number of carbonyl (C=O) groups is 2. The quantitative estimate of drug-likeness (QED) is 0.464. The maximum Gasteiger partial charge on any atom is 0.296 e. The van der Waals surface area contributed by atoms with Gasteiger partial charge in [0.2, 0.25) is 0 Å². The molecule has 0 radical (unpaired) electrons. The zero-order valence-electron chi connectivity index (χ0n) is 7.70. The highest BCUT2D eigenvalue weighted by molar-refractivity contribution is 6.51. The average Bonchev–Trinajstić information content (AvgIpc) is 2.52. The van der Waals surface area contributed by atoms with Crippen LogP contribution in [0.1, 0.15) is 15.9 Å². The van der Waals surface area contributed by atoms with Crippen molar-refractivity contribution in [3.63, 3.8) is 0 Å². The van der Waals surface area contributed by atoms with Crippen molar-refractivity contribution in [1.29, 1.82) is 0 Å². The predicted molar refractivity (Wildman–Crippen MR) is 53.4 cm³/mol. The fourth-order valence-corrected chi connectivity index (χ4v) is 1.36. The number of carbonyl (C=O) groups excluding carboxylic acids is 2. The summed E-state index contributed by atoms with van der Waals surface area (Å²) >= 11 is 0. The average molecular weight is 201 g/mol. The molecule has 0 saturated heterocycles. The van der Waals surface area contributed by atoms with Crippen molar-refractivity contribution >= 4 is 17.4 Å². The minimum atomic E-state index is -0.614. The van der Waals surface area contributed by atoms with E-state index in [-0.39, 0.29) is 6.61 Å². The Bertz CT molecular complexity index is 508.